The molecule has 0 aliphatic carbocycles. The van der Waals surface area contributed by atoms with Crippen molar-refractivity contribution in [3.63, 3.8) is 0 Å². The molecule has 0 unspecified atom stereocenters. The zero-order valence-corrected chi connectivity index (χ0v) is 16.2. The number of rotatable bonds is 5. The van der Waals surface area contributed by atoms with Crippen molar-refractivity contribution in [2.75, 3.05) is 27.2 Å². The zero-order valence-electron chi connectivity index (χ0n) is 15.4. The van der Waals surface area contributed by atoms with Crippen LogP contribution in [-0.4, -0.2) is 48.0 Å². The van der Waals surface area contributed by atoms with E-state index in [1.54, 1.807) is 24.3 Å². The summed E-state index contributed by atoms with van der Waals surface area (Å²) in [6, 6.07) is 6.77. The number of hydrazine groups is 1. The number of hydrogen-bond donors (Lipinski definition) is 4. The van der Waals surface area contributed by atoms with E-state index in [1.807, 2.05) is 27.9 Å². The summed E-state index contributed by atoms with van der Waals surface area (Å²) < 4.78 is 1.31. The molecule has 0 spiro atoms. The predicted octanol–water partition coefficient (Wildman–Crippen LogP) is -0.769. The fraction of sp³-hybridized carbons (Fsp3) is 0.412. The molecule has 2 aromatic rings. The van der Waals surface area contributed by atoms with Crippen LogP contribution in [0.1, 0.15) is 30.4 Å². The molecule has 26 heavy (non-hydrogen) atoms. The highest BCUT2D eigenvalue weighted by atomic mass is 32.1. The van der Waals surface area contributed by atoms with Gasteiger partial charge in [0.25, 0.3) is 11.5 Å². The van der Waals surface area contributed by atoms with E-state index in [2.05, 4.69) is 21.3 Å². The van der Waals surface area contributed by atoms with Crippen LogP contribution in [-0.2, 0) is 0 Å². The van der Waals surface area contributed by atoms with Crippen molar-refractivity contribution in [3.8, 4) is 0 Å². The maximum Gasteiger partial charge on any atom is 0.290 e. The second-order valence-electron chi connectivity index (χ2n) is 6.53. The molecule has 0 atom stereocenters. The molecule has 8 nitrogen and oxygen atoms in total. The maximum absolute atomic E-state index is 12.6. The lowest BCUT2D eigenvalue weighted by Gasteiger charge is -2.15. The van der Waals surface area contributed by atoms with E-state index >= 15 is 0 Å². The minimum atomic E-state index is -0.460. The van der Waals surface area contributed by atoms with Crippen LogP contribution in [0, 0.1) is 0 Å². The highest BCUT2D eigenvalue weighted by molar-refractivity contribution is 7.80. The molecule has 1 heterocycles. The van der Waals surface area contributed by atoms with E-state index in [9.17, 15) is 9.59 Å². The molecular weight excluding hydrogens is 352 g/mol. The highest BCUT2D eigenvalue weighted by Crippen LogP contribution is 2.14. The molecule has 1 aromatic heterocycles. The van der Waals surface area contributed by atoms with Crippen LogP contribution in [0.5, 0.6) is 0 Å². The molecule has 1 amide bonds. The SMILES string of the molecule is CC(C)n1nc(C(=O)NNC(=S)NCC[NH+](C)C)c2ccccc2c1=O. The van der Waals surface area contributed by atoms with E-state index in [1.165, 1.54) is 9.58 Å². The van der Waals surface area contributed by atoms with Gasteiger partial charge >= 0.3 is 0 Å². The van der Waals surface area contributed by atoms with Crippen molar-refractivity contribution in [2.45, 2.75) is 19.9 Å². The van der Waals surface area contributed by atoms with Gasteiger partial charge in [-0.15, -0.1) is 0 Å². The Morgan fingerprint density at radius 3 is 2.50 bits per heavy atom. The fourth-order valence-corrected chi connectivity index (χ4v) is 2.52. The molecule has 0 aliphatic heterocycles. The average Bonchev–Trinajstić information content (AvgIpc) is 2.59. The number of carbonyl (C=O) groups is 1. The summed E-state index contributed by atoms with van der Waals surface area (Å²) in [6.45, 7) is 5.26. The Labute approximate surface area is 157 Å². The van der Waals surface area contributed by atoms with Crippen LogP contribution < -0.4 is 26.6 Å². The number of carbonyl (C=O) groups excluding carboxylic acids is 1. The summed E-state index contributed by atoms with van der Waals surface area (Å²) in [4.78, 5) is 26.4. The number of thiocarbonyl (C=S) groups is 1. The molecule has 140 valence electrons. The van der Waals surface area contributed by atoms with Crippen molar-refractivity contribution in [3.05, 3.63) is 40.3 Å². The number of nitrogens with zero attached hydrogens (tertiary/aromatic N) is 2. The van der Waals surface area contributed by atoms with Gasteiger partial charge in [0.2, 0.25) is 0 Å². The first kappa shape index (κ1) is 19.8. The predicted molar refractivity (Wildman–Crippen MR) is 105 cm³/mol. The van der Waals surface area contributed by atoms with E-state index in [-0.39, 0.29) is 17.3 Å². The van der Waals surface area contributed by atoms with Gasteiger partial charge in [0.05, 0.1) is 38.6 Å². The van der Waals surface area contributed by atoms with Crippen LogP contribution in [0.15, 0.2) is 29.1 Å². The summed E-state index contributed by atoms with van der Waals surface area (Å²) in [5.41, 5.74) is 5.15. The summed E-state index contributed by atoms with van der Waals surface area (Å²) >= 11 is 5.14. The Morgan fingerprint density at radius 2 is 1.88 bits per heavy atom. The Balaban J connectivity index is 2.18. The van der Waals surface area contributed by atoms with Gasteiger partial charge in [-0.2, -0.15) is 5.10 Å². The van der Waals surface area contributed by atoms with Gasteiger partial charge in [0, 0.05) is 5.39 Å². The summed E-state index contributed by atoms with van der Waals surface area (Å²) in [5, 5.41) is 8.53. The van der Waals surface area contributed by atoms with Crippen molar-refractivity contribution in [2.24, 2.45) is 0 Å². The molecule has 2 rings (SSSR count). The van der Waals surface area contributed by atoms with Crippen molar-refractivity contribution < 1.29 is 9.69 Å². The Kier molecular flexibility index (Phi) is 6.64. The number of quaternary nitrogens is 1. The first-order chi connectivity index (χ1) is 12.3. The quantitative estimate of drug-likeness (QED) is 0.404. The zero-order chi connectivity index (χ0) is 19.3. The van der Waals surface area contributed by atoms with Crippen molar-refractivity contribution in [1.82, 2.24) is 25.9 Å². The van der Waals surface area contributed by atoms with E-state index in [0.717, 1.165) is 6.54 Å². The largest absolute Gasteiger partial charge is 0.356 e. The Hall–Kier alpha value is -2.52. The molecule has 0 bridgehead atoms. The lowest BCUT2D eigenvalue weighted by atomic mass is 10.1. The highest BCUT2D eigenvalue weighted by Gasteiger charge is 2.17. The van der Waals surface area contributed by atoms with Crippen LogP contribution in [0.25, 0.3) is 10.8 Å². The number of benzene rings is 1. The summed E-state index contributed by atoms with van der Waals surface area (Å²) in [5.74, 6) is -0.460. The molecule has 0 fully saturated rings. The molecule has 0 saturated heterocycles. The number of hydrogen-bond acceptors (Lipinski definition) is 4. The molecule has 0 saturated carbocycles. The fourth-order valence-electron chi connectivity index (χ4n) is 2.37. The average molecular weight is 377 g/mol. The van der Waals surface area contributed by atoms with Gasteiger partial charge in [-0.1, -0.05) is 18.2 Å². The Bertz CT molecular complexity index is 862. The monoisotopic (exact) mass is 377 g/mol. The lowest BCUT2D eigenvalue weighted by Crippen LogP contribution is -3.06. The number of aromatic nitrogens is 2. The smallest absolute Gasteiger partial charge is 0.290 e. The summed E-state index contributed by atoms with van der Waals surface area (Å²) in [7, 11) is 4.08. The third kappa shape index (κ3) is 4.77. The standard InChI is InChI=1S/C17H24N6O2S/c1-11(2)23-16(25)13-8-6-5-7-12(13)14(21-23)15(24)19-20-17(26)18-9-10-22(3)4/h5-8,11H,9-10H2,1-4H3,(H,19,24)(H2,18,20,26)/p+1. The van der Waals surface area contributed by atoms with Crippen LogP contribution >= 0.6 is 12.2 Å². The van der Waals surface area contributed by atoms with E-state index in [4.69, 9.17) is 12.2 Å². The Morgan fingerprint density at radius 1 is 1.23 bits per heavy atom. The lowest BCUT2D eigenvalue weighted by molar-refractivity contribution is -0.856. The van der Waals surface area contributed by atoms with Gasteiger partial charge in [-0.05, 0) is 32.1 Å². The van der Waals surface area contributed by atoms with Crippen molar-refractivity contribution >= 4 is 34.0 Å². The van der Waals surface area contributed by atoms with Gasteiger partial charge in [-0.3, -0.25) is 20.4 Å². The number of amides is 1. The first-order valence-corrected chi connectivity index (χ1v) is 8.87. The van der Waals surface area contributed by atoms with Crippen molar-refractivity contribution in [1.29, 1.82) is 0 Å². The molecule has 9 heteroatoms. The van der Waals surface area contributed by atoms with E-state index in [0.29, 0.717) is 22.4 Å². The maximum atomic E-state index is 12.6. The third-order valence-corrected chi connectivity index (χ3v) is 3.98. The van der Waals surface area contributed by atoms with Crippen LogP contribution in [0.2, 0.25) is 0 Å². The summed E-state index contributed by atoms with van der Waals surface area (Å²) in [6.07, 6.45) is 0. The van der Waals surface area contributed by atoms with Crippen LogP contribution in [0.4, 0.5) is 0 Å². The topological polar surface area (TPSA) is 92.5 Å². The van der Waals surface area contributed by atoms with Crippen LogP contribution in [0.3, 0.4) is 0 Å². The number of likely N-dealkylation sites (N-methyl/N-ethyl adjacent to an activating group) is 1. The normalized spacial score (nSPS) is 11.0. The van der Waals surface area contributed by atoms with Gasteiger partial charge in [0.1, 0.15) is 0 Å². The molecule has 0 radical (unpaired) electrons. The number of fused-ring (bicyclic) bond motifs is 1. The molecular formula is C17H25N6O2S+. The van der Waals surface area contributed by atoms with Gasteiger partial charge in [0.15, 0.2) is 10.8 Å². The first-order valence-electron chi connectivity index (χ1n) is 8.46. The molecule has 4 N–H and O–H groups in total. The minimum absolute atomic E-state index is 0.164. The van der Waals surface area contributed by atoms with Gasteiger partial charge in [-0.25, -0.2) is 4.68 Å². The number of nitrogens with one attached hydrogen (secondary N) is 4. The molecule has 1 aromatic carbocycles. The second-order valence-corrected chi connectivity index (χ2v) is 6.94. The minimum Gasteiger partial charge on any atom is -0.356 e. The van der Waals surface area contributed by atoms with Gasteiger partial charge < -0.3 is 10.2 Å². The third-order valence-electron chi connectivity index (χ3n) is 3.73. The second kappa shape index (κ2) is 8.72. The molecule has 0 aliphatic rings. The van der Waals surface area contributed by atoms with E-state index < -0.39 is 5.91 Å².